The van der Waals surface area contributed by atoms with Crippen molar-refractivity contribution < 1.29 is 19.1 Å². The van der Waals surface area contributed by atoms with Crippen LogP contribution >= 0.6 is 0 Å². The molecule has 1 saturated heterocycles. The highest BCUT2D eigenvalue weighted by atomic mass is 16.6. The first kappa shape index (κ1) is 21.0. The number of carbonyl (C=O) groups excluding carboxylic acids is 3. The van der Waals surface area contributed by atoms with Crippen LogP contribution in [0.2, 0.25) is 0 Å². The van der Waals surface area contributed by atoms with Gasteiger partial charge in [0, 0.05) is 62.3 Å². The van der Waals surface area contributed by atoms with E-state index in [4.69, 9.17) is 4.74 Å². The molecule has 1 fully saturated rings. The number of carbonyl (C=O) groups is 3. The highest BCUT2D eigenvalue weighted by Gasteiger charge is 2.26. The Balaban J connectivity index is 1.21. The number of rotatable bonds is 4. The van der Waals surface area contributed by atoms with Crippen LogP contribution in [0.4, 0.5) is 9.59 Å². The van der Waals surface area contributed by atoms with E-state index in [2.05, 4.69) is 22.4 Å². The number of hydrogen-bond acceptors (Lipinski definition) is 4. The van der Waals surface area contributed by atoms with Crippen LogP contribution in [-0.4, -0.2) is 83.6 Å². The van der Waals surface area contributed by atoms with E-state index >= 15 is 0 Å². The van der Waals surface area contributed by atoms with Crippen molar-refractivity contribution in [2.75, 3.05) is 45.9 Å². The van der Waals surface area contributed by atoms with E-state index in [1.54, 1.807) is 21.6 Å². The zero-order valence-corrected chi connectivity index (χ0v) is 17.9. The summed E-state index contributed by atoms with van der Waals surface area (Å²) in [4.78, 5) is 45.3. The lowest BCUT2D eigenvalue weighted by atomic mass is 10.0. The molecule has 4 amide bonds. The van der Waals surface area contributed by atoms with E-state index in [1.165, 1.54) is 10.9 Å². The molecule has 0 saturated carbocycles. The number of urea groups is 1. The van der Waals surface area contributed by atoms with Crippen LogP contribution in [0, 0.1) is 0 Å². The van der Waals surface area contributed by atoms with Crippen molar-refractivity contribution in [1.82, 2.24) is 25.0 Å². The highest BCUT2D eigenvalue weighted by Crippen LogP contribution is 2.27. The van der Waals surface area contributed by atoms with Gasteiger partial charge in [-0.1, -0.05) is 18.2 Å². The van der Waals surface area contributed by atoms with Gasteiger partial charge in [-0.2, -0.15) is 0 Å². The fourth-order valence-corrected chi connectivity index (χ4v) is 4.27. The summed E-state index contributed by atoms with van der Waals surface area (Å²) in [6.45, 7) is 5.53. The third kappa shape index (κ3) is 4.60. The zero-order chi connectivity index (χ0) is 21.8. The molecule has 3 heterocycles. The van der Waals surface area contributed by atoms with Gasteiger partial charge in [-0.15, -0.1) is 0 Å². The molecule has 0 unspecified atom stereocenters. The first-order valence-corrected chi connectivity index (χ1v) is 10.9. The van der Waals surface area contributed by atoms with E-state index in [9.17, 15) is 14.4 Å². The number of H-pyrrole nitrogens is 1. The van der Waals surface area contributed by atoms with E-state index in [0.29, 0.717) is 52.4 Å². The van der Waals surface area contributed by atoms with Crippen LogP contribution in [0.3, 0.4) is 0 Å². The lowest BCUT2D eigenvalue weighted by molar-refractivity contribution is -0.132. The van der Waals surface area contributed by atoms with Gasteiger partial charge in [0.25, 0.3) is 0 Å². The zero-order valence-electron chi connectivity index (χ0n) is 17.9. The molecule has 1 aromatic carbocycles. The van der Waals surface area contributed by atoms with Gasteiger partial charge >= 0.3 is 12.1 Å². The van der Waals surface area contributed by atoms with E-state index in [-0.39, 0.29) is 24.5 Å². The van der Waals surface area contributed by atoms with E-state index in [1.807, 2.05) is 12.1 Å². The fraction of sp³-hybridized carbons (Fsp3) is 0.500. The lowest BCUT2D eigenvalue weighted by Gasteiger charge is -2.34. The van der Waals surface area contributed by atoms with Crippen molar-refractivity contribution in [3.8, 4) is 0 Å². The molecule has 166 valence electrons. The van der Waals surface area contributed by atoms with Crippen LogP contribution in [0.15, 0.2) is 24.3 Å². The van der Waals surface area contributed by atoms with E-state index in [0.717, 1.165) is 17.6 Å². The highest BCUT2D eigenvalue weighted by molar-refractivity contribution is 5.85. The first-order chi connectivity index (χ1) is 15.1. The van der Waals surface area contributed by atoms with Crippen molar-refractivity contribution in [3.63, 3.8) is 0 Å². The summed E-state index contributed by atoms with van der Waals surface area (Å²) >= 11 is 0. The third-order valence-corrected chi connectivity index (χ3v) is 5.94. The molecular weight excluding hydrogens is 398 g/mol. The lowest BCUT2D eigenvalue weighted by Crippen LogP contribution is -2.51. The number of fused-ring (bicyclic) bond motifs is 3. The predicted octanol–water partition coefficient (Wildman–Crippen LogP) is 1.93. The van der Waals surface area contributed by atoms with Crippen LogP contribution in [-0.2, 0) is 22.5 Å². The maximum absolute atomic E-state index is 12.6. The molecule has 2 N–H and O–H groups in total. The number of hydrogen-bond donors (Lipinski definition) is 2. The third-order valence-electron chi connectivity index (χ3n) is 5.94. The van der Waals surface area contributed by atoms with Crippen molar-refractivity contribution in [2.24, 2.45) is 0 Å². The van der Waals surface area contributed by atoms with Gasteiger partial charge in [0.2, 0.25) is 5.91 Å². The number of aromatic nitrogens is 1. The summed E-state index contributed by atoms with van der Waals surface area (Å²) in [6.07, 6.45) is 0.731. The molecule has 0 atom stereocenters. The quantitative estimate of drug-likeness (QED) is 0.779. The number of amides is 4. The molecule has 31 heavy (non-hydrogen) atoms. The second kappa shape index (κ2) is 9.28. The van der Waals surface area contributed by atoms with Crippen molar-refractivity contribution >= 4 is 28.9 Å². The van der Waals surface area contributed by atoms with Gasteiger partial charge in [-0.25, -0.2) is 9.59 Å². The average molecular weight is 428 g/mol. The summed E-state index contributed by atoms with van der Waals surface area (Å²) < 4.78 is 4.99. The molecule has 9 nitrogen and oxygen atoms in total. The number of benzene rings is 1. The number of piperazine rings is 1. The van der Waals surface area contributed by atoms with Gasteiger partial charge in [0.1, 0.15) is 0 Å². The Labute approximate surface area is 181 Å². The minimum absolute atomic E-state index is 0.0136. The monoisotopic (exact) mass is 427 g/mol. The van der Waals surface area contributed by atoms with Crippen LogP contribution < -0.4 is 5.32 Å². The van der Waals surface area contributed by atoms with Gasteiger partial charge in [-0.3, -0.25) is 4.79 Å². The van der Waals surface area contributed by atoms with Crippen LogP contribution in [0.5, 0.6) is 0 Å². The molecule has 0 aliphatic carbocycles. The number of ether oxygens (including phenoxy) is 1. The summed E-state index contributed by atoms with van der Waals surface area (Å²) in [7, 11) is 0. The molecule has 2 aromatic rings. The van der Waals surface area contributed by atoms with Gasteiger partial charge < -0.3 is 29.7 Å². The molecular formula is C22H29N5O4. The van der Waals surface area contributed by atoms with Crippen LogP contribution in [0.1, 0.15) is 24.6 Å². The Kier molecular flexibility index (Phi) is 6.29. The SMILES string of the molecule is CCOC(=O)N1CCN(C(=O)CCNC(=O)N2CCc3c([nH]c4ccccc34)C2)CC1. The first-order valence-electron chi connectivity index (χ1n) is 10.9. The molecule has 4 rings (SSSR count). The minimum Gasteiger partial charge on any atom is -0.450 e. The fourth-order valence-electron chi connectivity index (χ4n) is 4.27. The molecule has 9 heteroatoms. The largest absolute Gasteiger partial charge is 0.450 e. The smallest absolute Gasteiger partial charge is 0.409 e. The summed E-state index contributed by atoms with van der Waals surface area (Å²) in [5.41, 5.74) is 3.47. The van der Waals surface area contributed by atoms with Crippen molar-refractivity contribution in [2.45, 2.75) is 26.3 Å². The van der Waals surface area contributed by atoms with E-state index < -0.39 is 0 Å². The van der Waals surface area contributed by atoms with Gasteiger partial charge in [0.05, 0.1) is 13.2 Å². The standard InChI is InChI=1S/C22H29N5O4/c1-2-31-22(30)26-13-11-25(12-14-26)20(28)7-9-23-21(29)27-10-8-17-16-5-3-4-6-18(16)24-19(17)15-27/h3-6,24H,2,7-15H2,1H3,(H,23,29). The molecule has 0 bridgehead atoms. The van der Waals surface area contributed by atoms with Crippen molar-refractivity contribution in [1.29, 1.82) is 0 Å². The second-order valence-corrected chi connectivity index (χ2v) is 7.85. The summed E-state index contributed by atoms with van der Waals surface area (Å²) in [5, 5.41) is 4.10. The Hall–Kier alpha value is -3.23. The maximum Gasteiger partial charge on any atom is 0.409 e. The molecule has 0 radical (unpaired) electrons. The number of nitrogens with zero attached hydrogens (tertiary/aromatic N) is 3. The Morgan fingerprint density at radius 1 is 1.03 bits per heavy atom. The Bertz CT molecular complexity index is 964. The van der Waals surface area contributed by atoms with Gasteiger partial charge in [0.15, 0.2) is 0 Å². The second-order valence-electron chi connectivity index (χ2n) is 7.85. The Morgan fingerprint density at radius 2 is 1.77 bits per heavy atom. The normalized spacial score (nSPS) is 16.2. The molecule has 2 aliphatic heterocycles. The topological polar surface area (TPSA) is 98.0 Å². The minimum atomic E-state index is -0.332. The average Bonchev–Trinajstić information content (AvgIpc) is 3.17. The number of para-hydroxylation sites is 1. The van der Waals surface area contributed by atoms with Crippen molar-refractivity contribution in [3.05, 3.63) is 35.5 Å². The molecule has 1 aromatic heterocycles. The number of nitrogens with one attached hydrogen (secondary N) is 2. The summed E-state index contributed by atoms with van der Waals surface area (Å²) in [6, 6.07) is 8.05. The summed E-state index contributed by atoms with van der Waals surface area (Å²) in [5.74, 6) is -0.0136. The molecule has 0 spiro atoms. The molecule has 2 aliphatic rings. The predicted molar refractivity (Wildman–Crippen MR) is 116 cm³/mol. The van der Waals surface area contributed by atoms with Crippen LogP contribution in [0.25, 0.3) is 10.9 Å². The number of aromatic amines is 1. The Morgan fingerprint density at radius 3 is 2.55 bits per heavy atom. The van der Waals surface area contributed by atoms with Gasteiger partial charge in [-0.05, 0) is 25.0 Å². The maximum atomic E-state index is 12.6.